The Hall–Kier alpha value is -1.92. The lowest BCUT2D eigenvalue weighted by atomic mass is 10.2. The molecule has 6 heteroatoms. The van der Waals surface area contributed by atoms with Gasteiger partial charge < -0.3 is 20.9 Å². The lowest BCUT2D eigenvalue weighted by Gasteiger charge is -2.12. The topological polar surface area (TPSA) is 73.5 Å². The highest BCUT2D eigenvalue weighted by Gasteiger charge is 2.21. The maximum atomic E-state index is 11.9. The van der Waals surface area contributed by atoms with Crippen LogP contribution in [-0.2, 0) is 9.59 Å². The molecule has 0 aromatic heterocycles. The second-order valence-electron chi connectivity index (χ2n) is 5.50. The fraction of sp³-hybridized carbons (Fsp3) is 0.467. The second kappa shape index (κ2) is 7.19. The van der Waals surface area contributed by atoms with Gasteiger partial charge >= 0.3 is 0 Å². The predicted octanol–water partition coefficient (Wildman–Crippen LogP) is 0.877. The molecule has 6 nitrogen and oxygen atoms in total. The molecule has 21 heavy (non-hydrogen) atoms. The highest BCUT2D eigenvalue weighted by molar-refractivity contribution is 5.96. The van der Waals surface area contributed by atoms with E-state index in [1.165, 1.54) is 0 Å². The molecular formula is C15H22N4O2. The number of nitrogens with zero attached hydrogens (tertiary/aromatic N) is 1. The minimum Gasteiger partial charge on any atom is -0.325 e. The lowest BCUT2D eigenvalue weighted by Crippen LogP contribution is -2.35. The van der Waals surface area contributed by atoms with Crippen LogP contribution in [0.2, 0.25) is 0 Å². The zero-order valence-electron chi connectivity index (χ0n) is 12.5. The van der Waals surface area contributed by atoms with Crippen LogP contribution in [0.15, 0.2) is 24.3 Å². The number of hydrogen-bond acceptors (Lipinski definition) is 4. The largest absolute Gasteiger partial charge is 0.325 e. The maximum absolute atomic E-state index is 11.9. The number of amides is 2. The van der Waals surface area contributed by atoms with Crippen LogP contribution >= 0.6 is 0 Å². The molecule has 1 fully saturated rings. The summed E-state index contributed by atoms with van der Waals surface area (Å²) in [6.45, 7) is 1.24. The molecule has 1 aliphatic rings. The van der Waals surface area contributed by atoms with Crippen molar-refractivity contribution in [2.45, 2.75) is 18.9 Å². The summed E-state index contributed by atoms with van der Waals surface area (Å²) in [5, 5.41) is 8.84. The Kier molecular flexibility index (Phi) is 5.30. The van der Waals surface area contributed by atoms with Crippen molar-refractivity contribution in [2.75, 3.05) is 37.8 Å². The molecule has 1 unspecified atom stereocenters. The highest BCUT2D eigenvalue weighted by Crippen LogP contribution is 2.15. The van der Waals surface area contributed by atoms with Gasteiger partial charge in [0.1, 0.15) is 0 Å². The van der Waals surface area contributed by atoms with Crippen LogP contribution in [0.3, 0.4) is 0 Å². The number of carbonyl (C=O) groups excluding carboxylic acids is 2. The molecule has 0 bridgehead atoms. The zero-order chi connectivity index (χ0) is 15.2. The summed E-state index contributed by atoms with van der Waals surface area (Å²) >= 11 is 0. The number of likely N-dealkylation sites (N-methyl/N-ethyl adjacent to an activating group) is 1. The Morgan fingerprint density at radius 1 is 1.19 bits per heavy atom. The number of hydrogen-bond donors (Lipinski definition) is 3. The summed E-state index contributed by atoms with van der Waals surface area (Å²) in [5.74, 6) is -0.0659. The standard InChI is InChI=1S/C15H22N4O2/c1-19(2)10-14(20)17-11-5-7-12(8-6-11)18-15(21)13-4-3-9-16-13/h5-8,13,16H,3-4,9-10H2,1-2H3,(H,17,20)(H,18,21). The lowest BCUT2D eigenvalue weighted by molar-refractivity contribution is -0.118. The average Bonchev–Trinajstić information content (AvgIpc) is 2.94. The normalized spacial score (nSPS) is 17.8. The van der Waals surface area contributed by atoms with Crippen molar-refractivity contribution in [1.82, 2.24) is 10.2 Å². The van der Waals surface area contributed by atoms with Crippen LogP contribution in [0.5, 0.6) is 0 Å². The summed E-state index contributed by atoms with van der Waals surface area (Å²) in [4.78, 5) is 25.4. The van der Waals surface area contributed by atoms with E-state index < -0.39 is 0 Å². The van der Waals surface area contributed by atoms with Gasteiger partial charge in [-0.05, 0) is 57.7 Å². The van der Waals surface area contributed by atoms with Crippen molar-refractivity contribution in [3.8, 4) is 0 Å². The van der Waals surface area contributed by atoms with Crippen molar-refractivity contribution in [3.05, 3.63) is 24.3 Å². The van der Waals surface area contributed by atoms with Crippen molar-refractivity contribution in [2.24, 2.45) is 0 Å². The molecule has 1 aliphatic heterocycles. The van der Waals surface area contributed by atoms with E-state index in [-0.39, 0.29) is 17.9 Å². The van der Waals surface area contributed by atoms with E-state index in [1.54, 1.807) is 29.2 Å². The monoisotopic (exact) mass is 290 g/mol. The summed E-state index contributed by atoms with van der Waals surface area (Å²) in [6, 6.07) is 7.05. The third-order valence-corrected chi connectivity index (χ3v) is 3.27. The first-order valence-electron chi connectivity index (χ1n) is 7.13. The fourth-order valence-electron chi connectivity index (χ4n) is 2.26. The average molecular weight is 290 g/mol. The van der Waals surface area contributed by atoms with Crippen molar-refractivity contribution in [1.29, 1.82) is 0 Å². The Labute approximate surface area is 124 Å². The van der Waals surface area contributed by atoms with Gasteiger partial charge in [-0.15, -0.1) is 0 Å². The van der Waals surface area contributed by atoms with E-state index in [4.69, 9.17) is 0 Å². The zero-order valence-corrected chi connectivity index (χ0v) is 12.5. The van der Waals surface area contributed by atoms with E-state index >= 15 is 0 Å². The van der Waals surface area contributed by atoms with Gasteiger partial charge in [0, 0.05) is 11.4 Å². The number of benzene rings is 1. The molecule has 2 amide bonds. The molecule has 2 rings (SSSR count). The van der Waals surface area contributed by atoms with Crippen LogP contribution in [0.4, 0.5) is 11.4 Å². The Bertz CT molecular complexity index is 493. The molecule has 114 valence electrons. The molecule has 0 aliphatic carbocycles. The highest BCUT2D eigenvalue weighted by atomic mass is 16.2. The number of carbonyl (C=O) groups is 2. The fourth-order valence-corrected chi connectivity index (χ4v) is 2.26. The first-order chi connectivity index (χ1) is 10.0. The molecule has 0 saturated carbocycles. The minimum absolute atomic E-state index is 0.00288. The Morgan fingerprint density at radius 3 is 2.33 bits per heavy atom. The number of nitrogens with one attached hydrogen (secondary N) is 3. The quantitative estimate of drug-likeness (QED) is 0.752. The van der Waals surface area contributed by atoms with Crippen LogP contribution in [-0.4, -0.2) is 49.9 Å². The van der Waals surface area contributed by atoms with Crippen LogP contribution in [0.25, 0.3) is 0 Å². The van der Waals surface area contributed by atoms with E-state index in [0.29, 0.717) is 6.54 Å². The first-order valence-corrected chi connectivity index (χ1v) is 7.13. The molecule has 1 saturated heterocycles. The van der Waals surface area contributed by atoms with Crippen molar-refractivity contribution >= 4 is 23.2 Å². The summed E-state index contributed by atoms with van der Waals surface area (Å²) in [7, 11) is 3.69. The first kappa shape index (κ1) is 15.5. The molecular weight excluding hydrogens is 268 g/mol. The van der Waals surface area contributed by atoms with Crippen LogP contribution in [0.1, 0.15) is 12.8 Å². The van der Waals surface area contributed by atoms with E-state index in [0.717, 1.165) is 30.8 Å². The van der Waals surface area contributed by atoms with E-state index in [9.17, 15) is 9.59 Å². The molecule has 0 radical (unpaired) electrons. The Morgan fingerprint density at radius 2 is 1.81 bits per heavy atom. The van der Waals surface area contributed by atoms with Crippen LogP contribution < -0.4 is 16.0 Å². The summed E-state index contributed by atoms with van der Waals surface area (Å²) in [6.07, 6.45) is 1.92. The maximum Gasteiger partial charge on any atom is 0.241 e. The van der Waals surface area contributed by atoms with Gasteiger partial charge in [0.25, 0.3) is 0 Å². The predicted molar refractivity (Wildman–Crippen MR) is 83.3 cm³/mol. The number of rotatable bonds is 5. The third kappa shape index (κ3) is 4.84. The third-order valence-electron chi connectivity index (χ3n) is 3.27. The summed E-state index contributed by atoms with van der Waals surface area (Å²) < 4.78 is 0. The number of anilines is 2. The molecule has 1 atom stereocenters. The van der Waals surface area contributed by atoms with Crippen LogP contribution in [0, 0.1) is 0 Å². The van der Waals surface area contributed by atoms with Crippen molar-refractivity contribution < 1.29 is 9.59 Å². The second-order valence-corrected chi connectivity index (χ2v) is 5.50. The van der Waals surface area contributed by atoms with E-state index in [2.05, 4.69) is 16.0 Å². The molecule has 1 aromatic rings. The Balaban J connectivity index is 1.86. The molecule has 1 aromatic carbocycles. The van der Waals surface area contributed by atoms with Gasteiger partial charge in [-0.25, -0.2) is 0 Å². The van der Waals surface area contributed by atoms with Gasteiger partial charge in [0.05, 0.1) is 12.6 Å². The molecule has 1 heterocycles. The van der Waals surface area contributed by atoms with Gasteiger partial charge in [-0.3, -0.25) is 9.59 Å². The smallest absolute Gasteiger partial charge is 0.241 e. The van der Waals surface area contributed by atoms with Gasteiger partial charge in [-0.2, -0.15) is 0 Å². The van der Waals surface area contributed by atoms with E-state index in [1.807, 2.05) is 14.1 Å². The van der Waals surface area contributed by atoms with Gasteiger partial charge in [0.15, 0.2) is 0 Å². The van der Waals surface area contributed by atoms with Crippen molar-refractivity contribution in [3.63, 3.8) is 0 Å². The van der Waals surface area contributed by atoms with Gasteiger partial charge in [0.2, 0.25) is 11.8 Å². The molecule has 0 spiro atoms. The summed E-state index contributed by atoms with van der Waals surface area (Å²) in [5.41, 5.74) is 1.46. The SMILES string of the molecule is CN(C)CC(=O)Nc1ccc(NC(=O)C2CCCN2)cc1. The van der Waals surface area contributed by atoms with Gasteiger partial charge in [-0.1, -0.05) is 0 Å². The minimum atomic E-state index is -0.0931. The molecule has 3 N–H and O–H groups in total.